The molecule has 0 radical (unpaired) electrons. The second kappa shape index (κ2) is 7.98. The standard InChI is InChI=1S/C19H23N3O3/c20-17(12-14-4-2-1-3-5-14)18(23)21-16-6-9-22(10-7-16)19(24)15-8-11-25-13-15/h1-5,8,11,13,16-17H,6-7,9-10,12,20H2,(H,21,23). The van der Waals surface area contributed by atoms with Gasteiger partial charge in [0.2, 0.25) is 5.91 Å². The van der Waals surface area contributed by atoms with Crippen molar-refractivity contribution >= 4 is 11.8 Å². The van der Waals surface area contributed by atoms with E-state index in [1.165, 1.54) is 12.5 Å². The Bertz CT molecular complexity index is 692. The summed E-state index contributed by atoms with van der Waals surface area (Å²) in [5, 5.41) is 3.01. The molecule has 1 fully saturated rings. The summed E-state index contributed by atoms with van der Waals surface area (Å²) in [6.07, 6.45) is 4.93. The van der Waals surface area contributed by atoms with Gasteiger partial charge >= 0.3 is 0 Å². The molecule has 0 bridgehead atoms. The van der Waals surface area contributed by atoms with Gasteiger partial charge in [-0.15, -0.1) is 0 Å². The number of benzene rings is 1. The van der Waals surface area contributed by atoms with Crippen molar-refractivity contribution in [3.8, 4) is 0 Å². The molecule has 1 unspecified atom stereocenters. The largest absolute Gasteiger partial charge is 0.472 e. The minimum atomic E-state index is -0.562. The van der Waals surface area contributed by atoms with E-state index in [0.29, 0.717) is 25.1 Å². The number of hydrogen-bond acceptors (Lipinski definition) is 4. The Kier molecular flexibility index (Phi) is 5.50. The lowest BCUT2D eigenvalue weighted by molar-refractivity contribution is -0.123. The fourth-order valence-electron chi connectivity index (χ4n) is 3.06. The maximum Gasteiger partial charge on any atom is 0.257 e. The molecule has 1 aliphatic rings. The number of carbonyl (C=O) groups excluding carboxylic acids is 2. The van der Waals surface area contributed by atoms with Crippen molar-refractivity contribution in [2.75, 3.05) is 13.1 Å². The van der Waals surface area contributed by atoms with Crippen LogP contribution < -0.4 is 11.1 Å². The Hall–Kier alpha value is -2.60. The lowest BCUT2D eigenvalue weighted by atomic mass is 10.0. The molecule has 1 aromatic heterocycles. The number of nitrogens with one attached hydrogen (secondary N) is 1. The monoisotopic (exact) mass is 341 g/mol. The van der Waals surface area contributed by atoms with Crippen LogP contribution in [0, 0.1) is 0 Å². The second-order valence-corrected chi connectivity index (χ2v) is 6.38. The molecule has 25 heavy (non-hydrogen) atoms. The molecule has 6 heteroatoms. The highest BCUT2D eigenvalue weighted by Gasteiger charge is 2.26. The fourth-order valence-corrected chi connectivity index (χ4v) is 3.06. The van der Waals surface area contributed by atoms with Crippen molar-refractivity contribution in [2.45, 2.75) is 31.3 Å². The summed E-state index contributed by atoms with van der Waals surface area (Å²) in [7, 11) is 0. The predicted octanol–water partition coefficient (Wildman–Crippen LogP) is 1.57. The lowest BCUT2D eigenvalue weighted by Gasteiger charge is -2.32. The molecule has 3 rings (SSSR count). The third-order valence-electron chi connectivity index (χ3n) is 4.53. The van der Waals surface area contributed by atoms with Crippen LogP contribution in [0.15, 0.2) is 53.3 Å². The first-order valence-electron chi connectivity index (χ1n) is 8.55. The van der Waals surface area contributed by atoms with Crippen LogP contribution in [0.5, 0.6) is 0 Å². The van der Waals surface area contributed by atoms with E-state index in [0.717, 1.165) is 18.4 Å². The van der Waals surface area contributed by atoms with Crippen LogP contribution in [0.3, 0.4) is 0 Å². The predicted molar refractivity (Wildman–Crippen MR) is 93.9 cm³/mol. The number of nitrogens with two attached hydrogens (primary N) is 1. The van der Waals surface area contributed by atoms with E-state index in [2.05, 4.69) is 5.32 Å². The minimum absolute atomic E-state index is 0.0284. The molecule has 6 nitrogen and oxygen atoms in total. The Morgan fingerprint density at radius 2 is 1.92 bits per heavy atom. The van der Waals surface area contributed by atoms with E-state index in [-0.39, 0.29) is 17.9 Å². The second-order valence-electron chi connectivity index (χ2n) is 6.38. The smallest absolute Gasteiger partial charge is 0.257 e. The summed E-state index contributed by atoms with van der Waals surface area (Å²) in [5.74, 6) is -0.164. The number of piperidine rings is 1. The number of carbonyl (C=O) groups is 2. The third kappa shape index (κ3) is 4.48. The zero-order valence-corrected chi connectivity index (χ0v) is 14.1. The number of nitrogens with zero attached hydrogens (tertiary/aromatic N) is 1. The zero-order valence-electron chi connectivity index (χ0n) is 14.1. The van der Waals surface area contributed by atoms with Gasteiger partial charge in [-0.25, -0.2) is 0 Å². The molecular formula is C19H23N3O3. The maximum absolute atomic E-state index is 12.3. The van der Waals surface area contributed by atoms with Crippen LogP contribution >= 0.6 is 0 Å². The molecule has 2 aromatic rings. The van der Waals surface area contributed by atoms with Gasteiger partial charge in [0.15, 0.2) is 0 Å². The van der Waals surface area contributed by atoms with Gasteiger partial charge in [-0.1, -0.05) is 30.3 Å². The fraction of sp³-hybridized carbons (Fsp3) is 0.368. The summed E-state index contributed by atoms with van der Waals surface area (Å²) in [6.45, 7) is 1.23. The van der Waals surface area contributed by atoms with Crippen LogP contribution in [0.2, 0.25) is 0 Å². The Balaban J connectivity index is 1.45. The van der Waals surface area contributed by atoms with Gasteiger partial charge in [0, 0.05) is 19.1 Å². The maximum atomic E-state index is 12.3. The van der Waals surface area contributed by atoms with Crippen LogP contribution in [0.25, 0.3) is 0 Å². The molecule has 0 spiro atoms. The molecule has 3 N–H and O–H groups in total. The molecule has 0 aliphatic carbocycles. The molecule has 2 heterocycles. The number of likely N-dealkylation sites (tertiary alicyclic amines) is 1. The van der Waals surface area contributed by atoms with Crippen LogP contribution in [-0.4, -0.2) is 41.9 Å². The molecular weight excluding hydrogens is 318 g/mol. The van der Waals surface area contributed by atoms with Gasteiger partial charge in [0.05, 0.1) is 17.9 Å². The van der Waals surface area contributed by atoms with E-state index in [4.69, 9.17) is 10.2 Å². The summed E-state index contributed by atoms with van der Waals surface area (Å²) in [6, 6.07) is 10.9. The van der Waals surface area contributed by atoms with Crippen molar-refractivity contribution in [3.05, 3.63) is 60.1 Å². The highest BCUT2D eigenvalue weighted by atomic mass is 16.3. The Labute approximate surface area is 147 Å². The van der Waals surface area contributed by atoms with E-state index >= 15 is 0 Å². The summed E-state index contributed by atoms with van der Waals surface area (Å²) in [4.78, 5) is 26.3. The van der Waals surface area contributed by atoms with Gasteiger partial charge in [0.1, 0.15) is 6.26 Å². The molecule has 1 aliphatic heterocycles. The normalized spacial score (nSPS) is 16.4. The van der Waals surface area contributed by atoms with Gasteiger partial charge in [-0.05, 0) is 30.9 Å². The van der Waals surface area contributed by atoms with Crippen LogP contribution in [0.4, 0.5) is 0 Å². The highest BCUT2D eigenvalue weighted by molar-refractivity contribution is 5.93. The van der Waals surface area contributed by atoms with Crippen molar-refractivity contribution in [2.24, 2.45) is 5.73 Å². The van der Waals surface area contributed by atoms with Crippen molar-refractivity contribution < 1.29 is 14.0 Å². The molecule has 1 atom stereocenters. The van der Waals surface area contributed by atoms with Crippen LogP contribution in [-0.2, 0) is 11.2 Å². The van der Waals surface area contributed by atoms with Crippen molar-refractivity contribution in [3.63, 3.8) is 0 Å². The summed E-state index contributed by atoms with van der Waals surface area (Å²) >= 11 is 0. The van der Waals surface area contributed by atoms with Crippen molar-refractivity contribution in [1.82, 2.24) is 10.2 Å². The summed E-state index contributed by atoms with van der Waals surface area (Å²) < 4.78 is 4.96. The average Bonchev–Trinajstić information content (AvgIpc) is 3.17. The highest BCUT2D eigenvalue weighted by Crippen LogP contribution is 2.14. The summed E-state index contributed by atoms with van der Waals surface area (Å²) in [5.41, 5.74) is 7.63. The molecule has 132 valence electrons. The SMILES string of the molecule is NC(Cc1ccccc1)C(=O)NC1CCN(C(=O)c2ccoc2)CC1. The first-order chi connectivity index (χ1) is 12.1. The first kappa shape index (κ1) is 17.2. The van der Waals surface area contributed by atoms with E-state index in [9.17, 15) is 9.59 Å². The van der Waals surface area contributed by atoms with Gasteiger partial charge in [0.25, 0.3) is 5.91 Å². The first-order valence-corrected chi connectivity index (χ1v) is 8.55. The molecule has 2 amide bonds. The van der Waals surface area contributed by atoms with Gasteiger partial charge in [-0.2, -0.15) is 0 Å². The average molecular weight is 341 g/mol. The number of rotatable bonds is 5. The lowest BCUT2D eigenvalue weighted by Crippen LogP contribution is -2.51. The van der Waals surface area contributed by atoms with Gasteiger partial charge < -0.3 is 20.4 Å². The third-order valence-corrected chi connectivity index (χ3v) is 4.53. The van der Waals surface area contributed by atoms with E-state index < -0.39 is 6.04 Å². The van der Waals surface area contributed by atoms with E-state index in [1.54, 1.807) is 11.0 Å². The quantitative estimate of drug-likeness (QED) is 0.864. The Morgan fingerprint density at radius 1 is 1.20 bits per heavy atom. The Morgan fingerprint density at radius 3 is 2.56 bits per heavy atom. The number of furan rings is 1. The van der Waals surface area contributed by atoms with Crippen molar-refractivity contribution in [1.29, 1.82) is 0 Å². The number of amides is 2. The molecule has 1 saturated heterocycles. The molecule has 0 saturated carbocycles. The van der Waals surface area contributed by atoms with Crippen LogP contribution in [0.1, 0.15) is 28.8 Å². The van der Waals surface area contributed by atoms with Gasteiger partial charge in [-0.3, -0.25) is 9.59 Å². The van der Waals surface area contributed by atoms with E-state index in [1.807, 2.05) is 30.3 Å². The molecule has 1 aromatic carbocycles. The minimum Gasteiger partial charge on any atom is -0.472 e. The zero-order chi connectivity index (χ0) is 17.6. The topological polar surface area (TPSA) is 88.6 Å². The number of hydrogen-bond donors (Lipinski definition) is 2.